The number of nitrogens with zero attached hydrogens (tertiary/aromatic N) is 2. The zero-order valence-electron chi connectivity index (χ0n) is 10.3. The van der Waals surface area contributed by atoms with Gasteiger partial charge in [0.1, 0.15) is 22.3 Å². The topological polar surface area (TPSA) is 70.4 Å². The number of hydrogen-bond donors (Lipinski definition) is 0. The molecule has 19 heavy (non-hydrogen) atoms. The Balaban J connectivity index is 2.51. The van der Waals surface area contributed by atoms with Gasteiger partial charge in [-0.25, -0.2) is 12.8 Å². The van der Waals surface area contributed by atoms with Crippen molar-refractivity contribution in [2.75, 3.05) is 19.8 Å². The van der Waals surface area contributed by atoms with Crippen LogP contribution in [0.3, 0.4) is 0 Å². The normalized spacial score (nSPS) is 21.0. The maximum absolute atomic E-state index is 13.5. The summed E-state index contributed by atoms with van der Waals surface area (Å²) >= 11 is 0. The van der Waals surface area contributed by atoms with E-state index in [-0.39, 0.29) is 24.1 Å². The number of morpholine rings is 1. The van der Waals surface area contributed by atoms with Crippen LogP contribution in [-0.2, 0) is 14.8 Å². The Bertz CT molecular complexity index is 624. The summed E-state index contributed by atoms with van der Waals surface area (Å²) in [5.41, 5.74) is -0.443. The summed E-state index contributed by atoms with van der Waals surface area (Å²) in [4.78, 5) is -0.288. The number of benzene rings is 1. The molecule has 1 fully saturated rings. The smallest absolute Gasteiger partial charge is 0.244 e. The van der Waals surface area contributed by atoms with E-state index in [0.29, 0.717) is 6.61 Å². The third kappa shape index (κ3) is 2.47. The summed E-state index contributed by atoms with van der Waals surface area (Å²) < 4.78 is 44.9. The molecule has 0 aliphatic carbocycles. The van der Waals surface area contributed by atoms with Gasteiger partial charge >= 0.3 is 0 Å². The Labute approximate surface area is 111 Å². The second-order valence-electron chi connectivity index (χ2n) is 4.26. The number of halogens is 1. The van der Waals surface area contributed by atoms with Crippen LogP contribution in [0.1, 0.15) is 12.5 Å². The Morgan fingerprint density at radius 2 is 2.26 bits per heavy atom. The van der Waals surface area contributed by atoms with Gasteiger partial charge in [-0.3, -0.25) is 0 Å². The Kier molecular flexibility index (Phi) is 3.85. The van der Waals surface area contributed by atoms with Gasteiger partial charge in [-0.05, 0) is 19.1 Å². The van der Waals surface area contributed by atoms with Crippen molar-refractivity contribution >= 4 is 10.0 Å². The van der Waals surface area contributed by atoms with Crippen LogP contribution in [0.2, 0.25) is 0 Å². The highest BCUT2D eigenvalue weighted by atomic mass is 32.2. The summed E-state index contributed by atoms with van der Waals surface area (Å²) in [5, 5.41) is 8.93. The predicted molar refractivity (Wildman–Crippen MR) is 65.3 cm³/mol. The van der Waals surface area contributed by atoms with Gasteiger partial charge < -0.3 is 4.74 Å². The van der Waals surface area contributed by atoms with Crippen molar-refractivity contribution in [2.45, 2.75) is 17.9 Å². The molecule has 1 aliphatic heterocycles. The van der Waals surface area contributed by atoms with Gasteiger partial charge in [0.05, 0.1) is 13.2 Å². The third-order valence-corrected chi connectivity index (χ3v) is 5.04. The van der Waals surface area contributed by atoms with Gasteiger partial charge in [0.25, 0.3) is 0 Å². The van der Waals surface area contributed by atoms with E-state index in [2.05, 4.69) is 0 Å². The first kappa shape index (κ1) is 13.9. The monoisotopic (exact) mass is 284 g/mol. The maximum Gasteiger partial charge on any atom is 0.244 e. The van der Waals surface area contributed by atoms with E-state index in [9.17, 15) is 12.8 Å². The zero-order valence-corrected chi connectivity index (χ0v) is 11.2. The molecule has 7 heteroatoms. The minimum atomic E-state index is -3.89. The minimum Gasteiger partial charge on any atom is -0.378 e. The van der Waals surface area contributed by atoms with Gasteiger partial charge in [-0.1, -0.05) is 6.07 Å². The van der Waals surface area contributed by atoms with Gasteiger partial charge in [0.2, 0.25) is 10.0 Å². The zero-order chi connectivity index (χ0) is 14.0. The molecule has 2 rings (SSSR count). The number of nitriles is 1. The molecule has 1 saturated heterocycles. The molecule has 0 spiro atoms. The molecule has 1 aliphatic rings. The molecule has 0 N–H and O–H groups in total. The highest BCUT2D eigenvalue weighted by Crippen LogP contribution is 2.24. The van der Waals surface area contributed by atoms with E-state index in [4.69, 9.17) is 10.00 Å². The number of hydrogen-bond acceptors (Lipinski definition) is 4. The van der Waals surface area contributed by atoms with Crippen molar-refractivity contribution in [1.29, 1.82) is 5.26 Å². The van der Waals surface area contributed by atoms with Gasteiger partial charge in [-0.15, -0.1) is 0 Å². The average molecular weight is 284 g/mol. The summed E-state index contributed by atoms with van der Waals surface area (Å²) in [6.45, 7) is 2.49. The maximum atomic E-state index is 13.5. The lowest BCUT2D eigenvalue weighted by Gasteiger charge is -2.32. The van der Waals surface area contributed by atoms with Crippen molar-refractivity contribution in [3.63, 3.8) is 0 Å². The van der Waals surface area contributed by atoms with E-state index in [1.54, 1.807) is 13.0 Å². The van der Waals surface area contributed by atoms with E-state index >= 15 is 0 Å². The first-order valence-electron chi connectivity index (χ1n) is 5.76. The Hall–Kier alpha value is -1.49. The van der Waals surface area contributed by atoms with E-state index < -0.39 is 21.4 Å². The molecule has 0 aromatic heterocycles. The number of sulfonamides is 1. The standard InChI is InChI=1S/C12H13FN2O3S/c1-9-8-18-6-5-15(9)19(16,17)12-4-2-3-11(13)10(12)7-14/h2-4,9H,5-6,8H2,1H3. The lowest BCUT2D eigenvalue weighted by molar-refractivity contribution is 0.0392. The largest absolute Gasteiger partial charge is 0.378 e. The van der Waals surface area contributed by atoms with Crippen LogP contribution in [0.5, 0.6) is 0 Å². The summed E-state index contributed by atoms with van der Waals surface area (Å²) in [5.74, 6) is -0.829. The molecule has 0 radical (unpaired) electrons. The first-order chi connectivity index (χ1) is 8.98. The molecule has 5 nitrogen and oxygen atoms in total. The molecule has 1 aromatic rings. The van der Waals surface area contributed by atoms with Crippen LogP contribution < -0.4 is 0 Å². The highest BCUT2D eigenvalue weighted by Gasteiger charge is 2.33. The van der Waals surface area contributed by atoms with Crippen molar-refractivity contribution in [3.8, 4) is 6.07 Å². The number of rotatable bonds is 2. The van der Waals surface area contributed by atoms with Crippen molar-refractivity contribution < 1.29 is 17.5 Å². The summed E-state index contributed by atoms with van der Waals surface area (Å²) in [6.07, 6.45) is 0. The fraction of sp³-hybridized carbons (Fsp3) is 0.417. The molecule has 1 aromatic carbocycles. The van der Waals surface area contributed by atoms with Crippen LogP contribution >= 0.6 is 0 Å². The number of ether oxygens (including phenoxy) is 1. The van der Waals surface area contributed by atoms with Crippen molar-refractivity contribution in [1.82, 2.24) is 4.31 Å². The molecule has 0 bridgehead atoms. The van der Waals surface area contributed by atoms with E-state index in [0.717, 1.165) is 6.07 Å². The molecule has 0 amide bonds. The second-order valence-corrected chi connectivity index (χ2v) is 6.12. The molecule has 1 atom stereocenters. The minimum absolute atomic E-state index is 0.199. The van der Waals surface area contributed by atoms with Crippen molar-refractivity contribution in [3.05, 3.63) is 29.6 Å². The van der Waals surface area contributed by atoms with Gasteiger partial charge in [0, 0.05) is 12.6 Å². The molecule has 1 heterocycles. The Morgan fingerprint density at radius 3 is 2.89 bits per heavy atom. The third-order valence-electron chi connectivity index (χ3n) is 2.98. The van der Waals surface area contributed by atoms with E-state index in [1.807, 2.05) is 0 Å². The van der Waals surface area contributed by atoms with Crippen LogP contribution in [0, 0.1) is 17.1 Å². The van der Waals surface area contributed by atoms with Gasteiger partial charge in [-0.2, -0.15) is 9.57 Å². The second kappa shape index (κ2) is 5.25. The highest BCUT2D eigenvalue weighted by molar-refractivity contribution is 7.89. The SMILES string of the molecule is CC1COCCN1S(=O)(=O)c1cccc(F)c1C#N. The van der Waals surface area contributed by atoms with Crippen LogP contribution in [-0.4, -0.2) is 38.5 Å². The predicted octanol–water partition coefficient (Wildman–Crippen LogP) is 1.11. The summed E-state index contributed by atoms with van der Waals surface area (Å²) in [7, 11) is -3.89. The summed E-state index contributed by atoms with van der Waals surface area (Å²) in [6, 6.07) is 4.88. The molecular formula is C12H13FN2O3S. The lowest BCUT2D eigenvalue weighted by atomic mass is 10.2. The van der Waals surface area contributed by atoms with Crippen molar-refractivity contribution in [2.24, 2.45) is 0 Å². The lowest BCUT2D eigenvalue weighted by Crippen LogP contribution is -2.47. The molecule has 0 saturated carbocycles. The van der Waals surface area contributed by atoms with Gasteiger partial charge in [0.15, 0.2) is 0 Å². The molecular weight excluding hydrogens is 271 g/mol. The van der Waals surface area contributed by atoms with Crippen LogP contribution in [0.4, 0.5) is 4.39 Å². The fourth-order valence-corrected chi connectivity index (χ4v) is 3.78. The molecule has 1 unspecified atom stereocenters. The first-order valence-corrected chi connectivity index (χ1v) is 7.20. The van der Waals surface area contributed by atoms with Crippen LogP contribution in [0.15, 0.2) is 23.1 Å². The Morgan fingerprint density at radius 1 is 1.53 bits per heavy atom. The fourth-order valence-electron chi connectivity index (χ4n) is 2.02. The van der Waals surface area contributed by atoms with Crippen LogP contribution in [0.25, 0.3) is 0 Å². The average Bonchev–Trinajstić information content (AvgIpc) is 2.38. The quantitative estimate of drug-likeness (QED) is 0.815. The van der Waals surface area contributed by atoms with E-state index in [1.165, 1.54) is 16.4 Å². The molecule has 102 valence electrons.